The summed E-state index contributed by atoms with van der Waals surface area (Å²) in [5, 5.41) is 3.25. The highest BCUT2D eigenvalue weighted by atomic mass is 16.5. The van der Waals surface area contributed by atoms with Gasteiger partial charge in [0.05, 0.1) is 18.2 Å². The fourth-order valence-electron chi connectivity index (χ4n) is 3.78. The zero-order valence-corrected chi connectivity index (χ0v) is 15.0. The Balaban J connectivity index is 1.56. The predicted molar refractivity (Wildman–Crippen MR) is 97.9 cm³/mol. The summed E-state index contributed by atoms with van der Waals surface area (Å²) in [5.74, 6) is 1.00. The molecule has 0 unspecified atom stereocenters. The average Bonchev–Trinajstić information content (AvgIpc) is 2.69. The van der Waals surface area contributed by atoms with Gasteiger partial charge in [0, 0.05) is 38.9 Å². The molecule has 2 fully saturated rings. The second-order valence-electron chi connectivity index (χ2n) is 7.00. The Morgan fingerprint density at radius 3 is 2.64 bits per heavy atom. The number of nitrogens with one attached hydrogen (secondary N) is 1. The molecule has 3 rings (SSSR count). The first kappa shape index (κ1) is 18.0. The van der Waals surface area contributed by atoms with E-state index in [-0.39, 0.29) is 11.9 Å². The lowest BCUT2D eigenvalue weighted by molar-refractivity contribution is -0.136. The lowest BCUT2D eigenvalue weighted by Crippen LogP contribution is -2.53. The first-order valence-electron chi connectivity index (χ1n) is 9.15. The van der Waals surface area contributed by atoms with Gasteiger partial charge in [-0.2, -0.15) is 0 Å². The molecule has 3 N–H and O–H groups in total. The van der Waals surface area contributed by atoms with Gasteiger partial charge in [-0.1, -0.05) is 12.1 Å². The van der Waals surface area contributed by atoms with Gasteiger partial charge in [0.25, 0.3) is 0 Å². The van der Waals surface area contributed by atoms with Gasteiger partial charge in [-0.3, -0.25) is 4.79 Å². The number of piperidine rings is 1. The third kappa shape index (κ3) is 3.90. The number of hydrogen-bond acceptors (Lipinski definition) is 5. The molecule has 2 aliphatic rings. The van der Waals surface area contributed by atoms with E-state index in [1.165, 1.54) is 0 Å². The number of nitrogens with zero attached hydrogens (tertiary/aromatic N) is 1. The highest BCUT2D eigenvalue weighted by Crippen LogP contribution is 2.32. The molecule has 0 aromatic heterocycles. The van der Waals surface area contributed by atoms with E-state index in [9.17, 15) is 4.79 Å². The number of benzene rings is 1. The van der Waals surface area contributed by atoms with Crippen molar-refractivity contribution in [3.8, 4) is 5.75 Å². The van der Waals surface area contributed by atoms with Crippen LogP contribution in [0.5, 0.6) is 5.75 Å². The largest absolute Gasteiger partial charge is 0.495 e. The number of rotatable bonds is 5. The molecule has 2 aliphatic heterocycles. The maximum Gasteiger partial charge on any atom is 0.227 e. The van der Waals surface area contributed by atoms with E-state index in [2.05, 4.69) is 16.3 Å². The van der Waals surface area contributed by atoms with Crippen molar-refractivity contribution in [2.24, 2.45) is 11.1 Å². The fourth-order valence-corrected chi connectivity index (χ4v) is 3.78. The molecular formula is C19H29N3O3. The van der Waals surface area contributed by atoms with Gasteiger partial charge in [0.2, 0.25) is 5.91 Å². The van der Waals surface area contributed by atoms with Crippen LogP contribution < -0.4 is 20.7 Å². The maximum atomic E-state index is 12.8. The smallest absolute Gasteiger partial charge is 0.227 e. The maximum absolute atomic E-state index is 12.8. The Morgan fingerprint density at radius 1 is 1.32 bits per heavy atom. The number of amides is 1. The highest BCUT2D eigenvalue weighted by molar-refractivity contribution is 5.83. The molecule has 6 heteroatoms. The third-order valence-corrected chi connectivity index (χ3v) is 5.58. The molecule has 1 amide bonds. The zero-order chi connectivity index (χ0) is 17.7. The summed E-state index contributed by atoms with van der Waals surface area (Å²) in [7, 11) is 1.70. The Bertz CT molecular complexity index is 579. The minimum absolute atomic E-state index is 0.106. The summed E-state index contributed by atoms with van der Waals surface area (Å²) in [4.78, 5) is 15.1. The second kappa shape index (κ2) is 8.06. The van der Waals surface area contributed by atoms with E-state index in [0.29, 0.717) is 19.8 Å². The summed E-state index contributed by atoms with van der Waals surface area (Å²) in [5.41, 5.74) is 6.61. The molecule has 0 spiro atoms. The molecule has 0 saturated carbocycles. The Morgan fingerprint density at radius 2 is 2.00 bits per heavy atom. The Hall–Kier alpha value is -1.79. The lowest BCUT2D eigenvalue weighted by Gasteiger charge is -2.38. The molecule has 1 aromatic rings. The molecule has 0 aliphatic carbocycles. The number of carbonyl (C=O) groups is 1. The topological polar surface area (TPSA) is 76.8 Å². The van der Waals surface area contributed by atoms with Crippen molar-refractivity contribution in [1.82, 2.24) is 5.32 Å². The van der Waals surface area contributed by atoms with Crippen LogP contribution in [0.1, 0.15) is 25.7 Å². The first-order valence-corrected chi connectivity index (χ1v) is 9.15. The van der Waals surface area contributed by atoms with E-state index in [4.69, 9.17) is 15.2 Å². The van der Waals surface area contributed by atoms with E-state index in [1.54, 1.807) is 7.11 Å². The lowest BCUT2D eigenvalue weighted by atomic mass is 9.79. The van der Waals surface area contributed by atoms with Crippen LogP contribution in [0.15, 0.2) is 24.3 Å². The van der Waals surface area contributed by atoms with E-state index in [1.807, 2.05) is 18.2 Å². The molecule has 138 valence electrons. The van der Waals surface area contributed by atoms with Crippen LogP contribution >= 0.6 is 0 Å². The minimum Gasteiger partial charge on any atom is -0.495 e. The van der Waals surface area contributed by atoms with Crippen molar-refractivity contribution < 1.29 is 14.3 Å². The van der Waals surface area contributed by atoms with E-state index in [0.717, 1.165) is 50.2 Å². The molecule has 2 saturated heterocycles. The Kier molecular flexibility index (Phi) is 5.81. The van der Waals surface area contributed by atoms with Gasteiger partial charge < -0.3 is 25.4 Å². The normalized spacial score (nSPS) is 21.0. The van der Waals surface area contributed by atoms with Crippen molar-refractivity contribution in [2.75, 3.05) is 44.9 Å². The van der Waals surface area contributed by atoms with Gasteiger partial charge in [-0.25, -0.2) is 0 Å². The van der Waals surface area contributed by atoms with Crippen molar-refractivity contribution in [3.05, 3.63) is 24.3 Å². The number of anilines is 1. The molecule has 2 heterocycles. The molecule has 0 atom stereocenters. The monoisotopic (exact) mass is 347 g/mol. The Labute approximate surface area is 149 Å². The van der Waals surface area contributed by atoms with Gasteiger partial charge in [0.15, 0.2) is 0 Å². The van der Waals surface area contributed by atoms with Crippen molar-refractivity contribution >= 4 is 11.6 Å². The number of carbonyl (C=O) groups excluding carboxylic acids is 1. The van der Waals surface area contributed by atoms with Crippen LogP contribution in [0.2, 0.25) is 0 Å². The molecule has 1 aromatic carbocycles. The highest BCUT2D eigenvalue weighted by Gasteiger charge is 2.39. The SMILES string of the molecule is COc1ccccc1N1CCC(NC(=O)C2(CN)CCOCC2)CC1. The number of ether oxygens (including phenoxy) is 2. The van der Waals surface area contributed by atoms with Crippen LogP contribution in [-0.4, -0.2) is 51.9 Å². The molecular weight excluding hydrogens is 318 g/mol. The number of para-hydroxylation sites is 2. The molecule has 6 nitrogen and oxygen atoms in total. The van der Waals surface area contributed by atoms with Crippen LogP contribution in [-0.2, 0) is 9.53 Å². The summed E-state index contributed by atoms with van der Waals surface area (Å²) >= 11 is 0. The van der Waals surface area contributed by atoms with Gasteiger partial charge in [-0.05, 0) is 37.8 Å². The summed E-state index contributed by atoms with van der Waals surface area (Å²) < 4.78 is 10.9. The average molecular weight is 347 g/mol. The zero-order valence-electron chi connectivity index (χ0n) is 15.0. The number of hydrogen-bond donors (Lipinski definition) is 2. The van der Waals surface area contributed by atoms with Gasteiger partial charge in [-0.15, -0.1) is 0 Å². The predicted octanol–water partition coefficient (Wildman–Crippen LogP) is 1.54. The summed E-state index contributed by atoms with van der Waals surface area (Å²) in [6, 6.07) is 8.30. The molecule has 0 bridgehead atoms. The van der Waals surface area contributed by atoms with E-state index >= 15 is 0 Å². The van der Waals surface area contributed by atoms with Crippen molar-refractivity contribution in [3.63, 3.8) is 0 Å². The molecule has 25 heavy (non-hydrogen) atoms. The third-order valence-electron chi connectivity index (χ3n) is 5.58. The van der Waals surface area contributed by atoms with Crippen LogP contribution in [0.4, 0.5) is 5.69 Å². The van der Waals surface area contributed by atoms with Gasteiger partial charge in [0.1, 0.15) is 5.75 Å². The minimum atomic E-state index is -0.446. The second-order valence-corrected chi connectivity index (χ2v) is 7.00. The van der Waals surface area contributed by atoms with E-state index < -0.39 is 5.41 Å². The van der Waals surface area contributed by atoms with Crippen molar-refractivity contribution in [2.45, 2.75) is 31.7 Å². The van der Waals surface area contributed by atoms with Crippen LogP contribution in [0, 0.1) is 5.41 Å². The van der Waals surface area contributed by atoms with Gasteiger partial charge >= 0.3 is 0 Å². The number of methoxy groups -OCH3 is 1. The number of nitrogens with two attached hydrogens (primary N) is 1. The van der Waals surface area contributed by atoms with Crippen LogP contribution in [0.25, 0.3) is 0 Å². The quantitative estimate of drug-likeness (QED) is 0.845. The van der Waals surface area contributed by atoms with Crippen molar-refractivity contribution in [1.29, 1.82) is 0 Å². The first-order chi connectivity index (χ1) is 12.2. The standard InChI is InChI=1S/C19H29N3O3/c1-24-17-5-3-2-4-16(17)22-10-6-15(7-11-22)21-18(23)19(14-20)8-12-25-13-9-19/h2-5,15H,6-14,20H2,1H3,(H,21,23). The fraction of sp³-hybridized carbons (Fsp3) is 0.632. The van der Waals surface area contributed by atoms with Crippen LogP contribution in [0.3, 0.4) is 0 Å². The molecule has 0 radical (unpaired) electrons. The summed E-state index contributed by atoms with van der Waals surface area (Å²) in [6.07, 6.45) is 3.30. The summed E-state index contributed by atoms with van der Waals surface area (Å²) in [6.45, 7) is 3.45.